The van der Waals surface area contributed by atoms with E-state index in [2.05, 4.69) is 4.98 Å². The fourth-order valence-corrected chi connectivity index (χ4v) is 3.29. The molecule has 1 N–H and O–H groups in total. The van der Waals surface area contributed by atoms with Crippen LogP contribution in [0.4, 0.5) is 5.82 Å². The normalized spacial score (nSPS) is 10.9. The predicted molar refractivity (Wildman–Crippen MR) is 103 cm³/mol. The molecule has 0 spiro atoms. The third kappa shape index (κ3) is 3.05. The van der Waals surface area contributed by atoms with Crippen molar-refractivity contribution >= 4 is 34.3 Å². The van der Waals surface area contributed by atoms with Gasteiger partial charge >= 0.3 is 5.97 Å². The third-order valence-corrected chi connectivity index (χ3v) is 4.56. The lowest BCUT2D eigenvalue weighted by Gasteiger charge is -2.22. The molecule has 3 rings (SSSR count). The second kappa shape index (κ2) is 6.73. The van der Waals surface area contributed by atoms with Gasteiger partial charge in [0.25, 0.3) is 0 Å². The number of aromatic nitrogens is 1. The summed E-state index contributed by atoms with van der Waals surface area (Å²) in [6, 6.07) is 13.2. The van der Waals surface area contributed by atoms with Crippen LogP contribution in [0.15, 0.2) is 42.5 Å². The van der Waals surface area contributed by atoms with Crippen LogP contribution in [0.5, 0.6) is 0 Å². The summed E-state index contributed by atoms with van der Waals surface area (Å²) in [7, 11) is 1.85. The highest BCUT2D eigenvalue weighted by Crippen LogP contribution is 2.38. The minimum absolute atomic E-state index is 0.199. The lowest BCUT2D eigenvalue weighted by molar-refractivity contribution is 0.0698. The van der Waals surface area contributed by atoms with E-state index in [0.29, 0.717) is 22.9 Å². The van der Waals surface area contributed by atoms with Gasteiger partial charge in [-0.05, 0) is 37.1 Å². The molecule has 5 heteroatoms. The lowest BCUT2D eigenvalue weighted by atomic mass is 9.94. The van der Waals surface area contributed by atoms with Gasteiger partial charge in [-0.25, -0.2) is 9.78 Å². The number of fused-ring (bicyclic) bond motifs is 1. The van der Waals surface area contributed by atoms with Crippen LogP contribution >= 0.6 is 11.6 Å². The number of hydrogen-bond donors (Lipinski definition) is 1. The van der Waals surface area contributed by atoms with Crippen LogP contribution in [0, 0.1) is 6.92 Å². The lowest BCUT2D eigenvalue weighted by Crippen LogP contribution is -2.21. The first-order valence-corrected chi connectivity index (χ1v) is 8.45. The number of nitrogens with zero attached hydrogens (tertiary/aromatic N) is 2. The maximum absolute atomic E-state index is 12.2. The topological polar surface area (TPSA) is 53.4 Å². The largest absolute Gasteiger partial charge is 0.478 e. The third-order valence-electron chi connectivity index (χ3n) is 4.34. The summed E-state index contributed by atoms with van der Waals surface area (Å²) in [5.74, 6) is -0.534. The maximum atomic E-state index is 12.2. The van der Waals surface area contributed by atoms with E-state index in [0.717, 1.165) is 22.0 Å². The van der Waals surface area contributed by atoms with E-state index < -0.39 is 5.97 Å². The number of halogens is 1. The SMILES string of the molecule is CCN(C)c1nc2c(C)cc(Cl)cc2c(-c2ccccc2)c1C(=O)O. The van der Waals surface area contributed by atoms with Crippen LogP contribution in [0.3, 0.4) is 0 Å². The number of carbonyl (C=O) groups is 1. The number of hydrogen-bond acceptors (Lipinski definition) is 3. The second-order valence-electron chi connectivity index (χ2n) is 5.99. The zero-order chi connectivity index (χ0) is 18.1. The van der Waals surface area contributed by atoms with E-state index in [1.54, 1.807) is 6.07 Å². The summed E-state index contributed by atoms with van der Waals surface area (Å²) in [4.78, 5) is 18.7. The molecule has 0 aliphatic carbocycles. The molecule has 0 saturated carbocycles. The highest BCUT2D eigenvalue weighted by Gasteiger charge is 2.24. The van der Waals surface area contributed by atoms with E-state index in [1.165, 1.54) is 0 Å². The Bertz CT molecular complexity index is 955. The first-order chi connectivity index (χ1) is 11.9. The number of carboxylic acid groups (broad SMARTS) is 1. The summed E-state index contributed by atoms with van der Waals surface area (Å²) in [5, 5.41) is 11.3. The Balaban J connectivity index is 2.55. The fourth-order valence-electron chi connectivity index (χ4n) is 3.02. The number of aryl methyl sites for hydroxylation is 1. The Morgan fingerprint density at radius 3 is 2.52 bits per heavy atom. The summed E-state index contributed by atoms with van der Waals surface area (Å²) in [5.41, 5.74) is 3.37. The molecule has 1 aromatic heterocycles. The van der Waals surface area contributed by atoms with Gasteiger partial charge in [-0.1, -0.05) is 41.9 Å². The summed E-state index contributed by atoms with van der Waals surface area (Å²) < 4.78 is 0. The average molecular weight is 355 g/mol. The van der Waals surface area contributed by atoms with Crippen molar-refractivity contribution in [3.63, 3.8) is 0 Å². The Hall–Kier alpha value is -2.59. The number of carboxylic acids is 1. The monoisotopic (exact) mass is 354 g/mol. The van der Waals surface area contributed by atoms with Crippen LogP contribution in [-0.2, 0) is 0 Å². The summed E-state index contributed by atoms with van der Waals surface area (Å²) >= 11 is 6.26. The molecular formula is C20H19ClN2O2. The Morgan fingerprint density at radius 1 is 1.24 bits per heavy atom. The van der Waals surface area contributed by atoms with E-state index in [9.17, 15) is 9.90 Å². The quantitative estimate of drug-likeness (QED) is 0.714. The molecule has 0 saturated heterocycles. The smallest absolute Gasteiger partial charge is 0.340 e. The minimum Gasteiger partial charge on any atom is -0.478 e. The molecule has 0 atom stereocenters. The van der Waals surface area contributed by atoms with Crippen LogP contribution < -0.4 is 4.90 Å². The minimum atomic E-state index is -0.999. The maximum Gasteiger partial charge on any atom is 0.340 e. The summed E-state index contributed by atoms with van der Waals surface area (Å²) in [6.07, 6.45) is 0. The molecule has 2 aromatic carbocycles. The fraction of sp³-hybridized carbons (Fsp3) is 0.200. The molecule has 0 radical (unpaired) electrons. The Labute approximate surface area is 151 Å². The molecule has 0 bridgehead atoms. The molecular weight excluding hydrogens is 336 g/mol. The molecule has 4 nitrogen and oxygen atoms in total. The van der Waals surface area contributed by atoms with Crippen molar-refractivity contribution in [1.29, 1.82) is 0 Å². The van der Waals surface area contributed by atoms with Gasteiger partial charge in [0.2, 0.25) is 0 Å². The second-order valence-corrected chi connectivity index (χ2v) is 6.43. The van der Waals surface area contributed by atoms with Gasteiger partial charge in [0.15, 0.2) is 0 Å². The van der Waals surface area contributed by atoms with Crippen molar-refractivity contribution in [2.24, 2.45) is 0 Å². The van der Waals surface area contributed by atoms with E-state index in [1.807, 2.05) is 62.2 Å². The van der Waals surface area contributed by atoms with E-state index in [-0.39, 0.29) is 5.56 Å². The number of anilines is 1. The molecule has 0 amide bonds. The molecule has 0 aliphatic rings. The van der Waals surface area contributed by atoms with Gasteiger partial charge in [0, 0.05) is 29.6 Å². The zero-order valence-corrected chi connectivity index (χ0v) is 15.1. The first kappa shape index (κ1) is 17.2. The number of aromatic carboxylic acids is 1. The van der Waals surface area contributed by atoms with Crippen LogP contribution in [0.2, 0.25) is 5.02 Å². The average Bonchev–Trinajstić information content (AvgIpc) is 2.60. The molecule has 0 fully saturated rings. The van der Waals surface area contributed by atoms with Crippen molar-refractivity contribution in [2.45, 2.75) is 13.8 Å². The number of pyridine rings is 1. The van der Waals surface area contributed by atoms with Gasteiger partial charge in [-0.2, -0.15) is 0 Å². The molecule has 25 heavy (non-hydrogen) atoms. The summed E-state index contributed by atoms with van der Waals surface area (Å²) in [6.45, 7) is 4.56. The van der Waals surface area contributed by atoms with Crippen LogP contribution in [0.1, 0.15) is 22.8 Å². The van der Waals surface area contributed by atoms with Crippen LogP contribution in [-0.4, -0.2) is 29.7 Å². The molecule has 0 unspecified atom stereocenters. The predicted octanol–water partition coefficient (Wildman–Crippen LogP) is 5.02. The first-order valence-electron chi connectivity index (χ1n) is 8.07. The van der Waals surface area contributed by atoms with Crippen LogP contribution in [0.25, 0.3) is 22.0 Å². The molecule has 0 aliphatic heterocycles. The van der Waals surface area contributed by atoms with Gasteiger partial charge < -0.3 is 10.0 Å². The zero-order valence-electron chi connectivity index (χ0n) is 14.4. The molecule has 1 heterocycles. The van der Waals surface area contributed by atoms with Crippen molar-refractivity contribution in [1.82, 2.24) is 4.98 Å². The number of benzene rings is 2. The van der Waals surface area contributed by atoms with Crippen molar-refractivity contribution < 1.29 is 9.90 Å². The van der Waals surface area contributed by atoms with Crippen molar-refractivity contribution in [2.75, 3.05) is 18.5 Å². The molecule has 128 valence electrons. The van der Waals surface area contributed by atoms with E-state index in [4.69, 9.17) is 11.6 Å². The van der Waals surface area contributed by atoms with Gasteiger partial charge in [-0.3, -0.25) is 0 Å². The van der Waals surface area contributed by atoms with Gasteiger partial charge in [0.05, 0.1) is 5.52 Å². The van der Waals surface area contributed by atoms with Crippen molar-refractivity contribution in [3.8, 4) is 11.1 Å². The highest BCUT2D eigenvalue weighted by atomic mass is 35.5. The highest BCUT2D eigenvalue weighted by molar-refractivity contribution is 6.31. The Morgan fingerprint density at radius 2 is 1.92 bits per heavy atom. The Kier molecular flexibility index (Phi) is 4.64. The van der Waals surface area contributed by atoms with E-state index >= 15 is 0 Å². The van der Waals surface area contributed by atoms with Gasteiger partial charge in [-0.15, -0.1) is 0 Å². The molecule has 3 aromatic rings. The number of rotatable bonds is 4. The standard InChI is InChI=1S/C20H19ClN2O2/c1-4-23(3)19-17(20(24)25)16(13-8-6-5-7-9-13)15-11-14(21)10-12(2)18(15)22-19/h5-11H,4H2,1-3H3,(H,24,25). The van der Waals surface area contributed by atoms with Gasteiger partial charge in [0.1, 0.15) is 11.4 Å². The van der Waals surface area contributed by atoms with Crippen molar-refractivity contribution in [3.05, 3.63) is 58.6 Å².